The third-order valence-corrected chi connectivity index (χ3v) is 2.66. The summed E-state index contributed by atoms with van der Waals surface area (Å²) in [7, 11) is 0. The zero-order valence-electron chi connectivity index (χ0n) is 8.62. The van der Waals surface area contributed by atoms with Gasteiger partial charge in [0.05, 0.1) is 6.04 Å². The van der Waals surface area contributed by atoms with Gasteiger partial charge < -0.3 is 9.84 Å². The topological polar surface area (TPSA) is 51.0 Å². The van der Waals surface area contributed by atoms with Crippen molar-refractivity contribution in [2.45, 2.75) is 45.1 Å². The van der Waals surface area contributed by atoms with Gasteiger partial charge in [0, 0.05) is 6.42 Å². The van der Waals surface area contributed by atoms with Crippen LogP contribution in [0.2, 0.25) is 0 Å². The van der Waals surface area contributed by atoms with Crippen LogP contribution < -0.4 is 5.32 Å². The first-order valence-corrected chi connectivity index (χ1v) is 5.46. The van der Waals surface area contributed by atoms with Gasteiger partial charge in [-0.3, -0.25) is 0 Å². The molecule has 14 heavy (non-hydrogen) atoms. The van der Waals surface area contributed by atoms with Crippen molar-refractivity contribution in [1.29, 1.82) is 0 Å². The Morgan fingerprint density at radius 2 is 2.36 bits per heavy atom. The summed E-state index contributed by atoms with van der Waals surface area (Å²) < 4.78 is 5.11. The van der Waals surface area contributed by atoms with Crippen LogP contribution in [0.1, 0.15) is 50.4 Å². The summed E-state index contributed by atoms with van der Waals surface area (Å²) in [5, 5.41) is 7.45. The minimum Gasteiger partial charge on any atom is -0.339 e. The van der Waals surface area contributed by atoms with E-state index in [-0.39, 0.29) is 0 Å². The van der Waals surface area contributed by atoms with Crippen LogP contribution in [0.25, 0.3) is 0 Å². The molecule has 1 aromatic heterocycles. The van der Waals surface area contributed by atoms with Gasteiger partial charge >= 0.3 is 0 Å². The molecule has 0 aromatic carbocycles. The third-order valence-electron chi connectivity index (χ3n) is 2.66. The van der Waals surface area contributed by atoms with Gasteiger partial charge in [-0.05, 0) is 19.4 Å². The van der Waals surface area contributed by atoms with Gasteiger partial charge in [0.1, 0.15) is 0 Å². The van der Waals surface area contributed by atoms with Gasteiger partial charge in [-0.25, -0.2) is 0 Å². The van der Waals surface area contributed by atoms with Crippen LogP contribution in [0.15, 0.2) is 4.52 Å². The molecule has 4 heteroatoms. The zero-order chi connectivity index (χ0) is 9.80. The molecule has 1 unspecified atom stereocenters. The molecule has 1 atom stereocenters. The SMILES string of the molecule is CCc1nc(C2CCCCCN2)no1. The van der Waals surface area contributed by atoms with E-state index in [0.29, 0.717) is 6.04 Å². The van der Waals surface area contributed by atoms with Crippen LogP contribution in [-0.2, 0) is 6.42 Å². The highest BCUT2D eigenvalue weighted by atomic mass is 16.5. The quantitative estimate of drug-likeness (QED) is 0.782. The highest BCUT2D eigenvalue weighted by Gasteiger charge is 2.18. The second kappa shape index (κ2) is 4.55. The molecule has 2 heterocycles. The maximum Gasteiger partial charge on any atom is 0.226 e. The van der Waals surface area contributed by atoms with Crippen molar-refractivity contribution in [3.63, 3.8) is 0 Å². The van der Waals surface area contributed by atoms with Crippen LogP contribution in [0.4, 0.5) is 0 Å². The van der Waals surface area contributed by atoms with Crippen LogP contribution in [0, 0.1) is 0 Å². The largest absolute Gasteiger partial charge is 0.339 e. The van der Waals surface area contributed by atoms with Gasteiger partial charge in [0.25, 0.3) is 0 Å². The van der Waals surface area contributed by atoms with E-state index >= 15 is 0 Å². The minimum atomic E-state index is 0.307. The Kier molecular flexibility index (Phi) is 3.14. The third kappa shape index (κ3) is 2.12. The second-order valence-corrected chi connectivity index (χ2v) is 3.76. The average Bonchev–Trinajstić information content (AvgIpc) is 2.53. The monoisotopic (exact) mass is 195 g/mol. The fraction of sp³-hybridized carbons (Fsp3) is 0.800. The van der Waals surface area contributed by atoms with E-state index < -0.39 is 0 Å². The molecule has 0 saturated carbocycles. The molecular formula is C10H17N3O. The second-order valence-electron chi connectivity index (χ2n) is 3.76. The number of rotatable bonds is 2. The number of aryl methyl sites for hydroxylation is 1. The molecule has 2 rings (SSSR count). The lowest BCUT2D eigenvalue weighted by Crippen LogP contribution is -2.21. The Hall–Kier alpha value is -0.900. The van der Waals surface area contributed by atoms with Gasteiger partial charge in [-0.1, -0.05) is 24.9 Å². The molecule has 0 amide bonds. The first-order chi connectivity index (χ1) is 6.90. The Morgan fingerprint density at radius 1 is 1.43 bits per heavy atom. The van der Waals surface area contributed by atoms with Crippen LogP contribution >= 0.6 is 0 Å². The zero-order valence-corrected chi connectivity index (χ0v) is 8.62. The first-order valence-electron chi connectivity index (χ1n) is 5.46. The molecule has 4 nitrogen and oxygen atoms in total. The van der Waals surface area contributed by atoms with Gasteiger partial charge in [0.2, 0.25) is 5.89 Å². The predicted octanol–water partition coefficient (Wildman–Crippen LogP) is 1.84. The Bertz CT molecular complexity index is 277. The number of aromatic nitrogens is 2. The normalized spacial score (nSPS) is 23.4. The molecule has 1 N–H and O–H groups in total. The van der Waals surface area contributed by atoms with Crippen molar-refractivity contribution >= 4 is 0 Å². The fourth-order valence-electron chi connectivity index (χ4n) is 1.80. The molecule has 0 bridgehead atoms. The molecule has 0 radical (unpaired) electrons. The molecule has 1 aliphatic heterocycles. The minimum absolute atomic E-state index is 0.307. The van der Waals surface area contributed by atoms with Crippen molar-refractivity contribution in [2.75, 3.05) is 6.54 Å². The van der Waals surface area contributed by atoms with Gasteiger partial charge in [0.15, 0.2) is 5.82 Å². The summed E-state index contributed by atoms with van der Waals surface area (Å²) in [5.74, 6) is 1.58. The maximum absolute atomic E-state index is 5.11. The highest BCUT2D eigenvalue weighted by molar-refractivity contribution is 4.94. The summed E-state index contributed by atoms with van der Waals surface area (Å²) in [4.78, 5) is 4.35. The predicted molar refractivity (Wildman–Crippen MR) is 52.9 cm³/mol. The molecule has 0 aliphatic carbocycles. The van der Waals surface area contributed by atoms with E-state index in [4.69, 9.17) is 4.52 Å². The standard InChI is InChI=1S/C10H17N3O/c1-2-9-12-10(13-14-9)8-6-4-3-5-7-11-8/h8,11H,2-7H2,1H3. The Morgan fingerprint density at radius 3 is 3.14 bits per heavy atom. The van der Waals surface area contributed by atoms with E-state index in [0.717, 1.165) is 31.1 Å². The lowest BCUT2D eigenvalue weighted by atomic mass is 10.1. The molecular weight excluding hydrogens is 178 g/mol. The van der Waals surface area contributed by atoms with Crippen molar-refractivity contribution < 1.29 is 4.52 Å². The van der Waals surface area contributed by atoms with E-state index in [2.05, 4.69) is 15.5 Å². The summed E-state index contributed by atoms with van der Waals surface area (Å²) in [6, 6.07) is 0.307. The van der Waals surface area contributed by atoms with Crippen molar-refractivity contribution in [2.24, 2.45) is 0 Å². The van der Waals surface area contributed by atoms with Crippen molar-refractivity contribution in [1.82, 2.24) is 15.5 Å². The molecule has 1 fully saturated rings. The first kappa shape index (κ1) is 9.65. The smallest absolute Gasteiger partial charge is 0.226 e. The molecule has 1 aromatic rings. The highest BCUT2D eigenvalue weighted by Crippen LogP contribution is 2.20. The van der Waals surface area contributed by atoms with E-state index in [1.54, 1.807) is 0 Å². The number of hydrogen-bond donors (Lipinski definition) is 1. The van der Waals surface area contributed by atoms with Crippen LogP contribution in [0.5, 0.6) is 0 Å². The lowest BCUT2D eigenvalue weighted by molar-refractivity contribution is 0.367. The maximum atomic E-state index is 5.11. The number of nitrogens with one attached hydrogen (secondary N) is 1. The van der Waals surface area contributed by atoms with E-state index in [1.165, 1.54) is 19.3 Å². The number of nitrogens with zero attached hydrogens (tertiary/aromatic N) is 2. The molecule has 0 spiro atoms. The number of hydrogen-bond acceptors (Lipinski definition) is 4. The Labute approximate surface area is 84.1 Å². The van der Waals surface area contributed by atoms with E-state index in [1.807, 2.05) is 6.92 Å². The summed E-state index contributed by atoms with van der Waals surface area (Å²) in [6.45, 7) is 3.10. The summed E-state index contributed by atoms with van der Waals surface area (Å²) >= 11 is 0. The summed E-state index contributed by atoms with van der Waals surface area (Å²) in [6.07, 6.45) is 5.77. The molecule has 1 aliphatic rings. The van der Waals surface area contributed by atoms with Crippen LogP contribution in [0.3, 0.4) is 0 Å². The lowest BCUT2D eigenvalue weighted by Gasteiger charge is -2.09. The molecule has 1 saturated heterocycles. The fourth-order valence-corrected chi connectivity index (χ4v) is 1.80. The van der Waals surface area contributed by atoms with Gasteiger partial charge in [-0.2, -0.15) is 4.98 Å². The summed E-state index contributed by atoms with van der Waals surface area (Å²) in [5.41, 5.74) is 0. The van der Waals surface area contributed by atoms with Crippen LogP contribution in [-0.4, -0.2) is 16.7 Å². The molecule has 78 valence electrons. The Balaban J connectivity index is 2.04. The average molecular weight is 195 g/mol. The van der Waals surface area contributed by atoms with E-state index in [9.17, 15) is 0 Å². The van der Waals surface area contributed by atoms with Crippen molar-refractivity contribution in [3.8, 4) is 0 Å². The van der Waals surface area contributed by atoms with Crippen molar-refractivity contribution in [3.05, 3.63) is 11.7 Å². The van der Waals surface area contributed by atoms with Gasteiger partial charge in [-0.15, -0.1) is 0 Å².